The zero-order valence-corrected chi connectivity index (χ0v) is 16.5. The summed E-state index contributed by atoms with van der Waals surface area (Å²) in [5.41, 5.74) is 2.50. The average Bonchev–Trinajstić information content (AvgIpc) is 2.74. The number of aromatic nitrogens is 1. The van der Waals surface area contributed by atoms with Gasteiger partial charge in [-0.05, 0) is 25.0 Å². The topological polar surface area (TPSA) is 94.6 Å². The molecule has 1 aliphatic rings. The Morgan fingerprint density at radius 1 is 1.41 bits per heavy atom. The summed E-state index contributed by atoms with van der Waals surface area (Å²) < 4.78 is 0. The van der Waals surface area contributed by atoms with Gasteiger partial charge in [0.15, 0.2) is 0 Å². The first-order valence-corrected chi connectivity index (χ1v) is 9.30. The molecule has 27 heavy (non-hydrogen) atoms. The molecule has 0 aromatic carbocycles. The minimum atomic E-state index is -0.548. The van der Waals surface area contributed by atoms with Crippen LogP contribution in [0.1, 0.15) is 25.5 Å². The van der Waals surface area contributed by atoms with Crippen LogP contribution >= 0.6 is 0 Å². The second-order valence-electron chi connectivity index (χ2n) is 6.24. The van der Waals surface area contributed by atoms with Gasteiger partial charge in [0.05, 0.1) is 0 Å². The fourth-order valence-electron chi connectivity index (χ4n) is 2.76. The molecule has 2 rings (SSSR count). The lowest BCUT2D eigenvalue weighted by molar-refractivity contribution is -0.131. The molecule has 150 valence electrons. The molecule has 0 aliphatic carbocycles. The van der Waals surface area contributed by atoms with Crippen LogP contribution in [0.15, 0.2) is 18.3 Å². The van der Waals surface area contributed by atoms with Crippen molar-refractivity contribution in [2.45, 2.75) is 32.2 Å². The van der Waals surface area contributed by atoms with Crippen molar-refractivity contribution in [3.05, 3.63) is 24.0 Å². The van der Waals surface area contributed by atoms with Gasteiger partial charge in [0.25, 0.3) is 0 Å². The molecule has 0 radical (unpaired) electrons. The molecule has 1 aromatic heterocycles. The lowest BCUT2D eigenvalue weighted by atomic mass is 10.1. The second-order valence-corrected chi connectivity index (χ2v) is 6.24. The Balaban J connectivity index is 0.000000271. The number of aryl methyl sites for hydroxylation is 1. The highest BCUT2D eigenvalue weighted by molar-refractivity contribution is 5.83. The second kappa shape index (κ2) is 12.8. The van der Waals surface area contributed by atoms with Crippen molar-refractivity contribution in [3.8, 4) is 0 Å². The van der Waals surface area contributed by atoms with E-state index in [0.717, 1.165) is 38.9 Å². The summed E-state index contributed by atoms with van der Waals surface area (Å²) in [6.45, 7) is 6.53. The number of aldehydes is 1. The molecular formula is C19H31N5O3. The molecule has 1 saturated heterocycles. The summed E-state index contributed by atoms with van der Waals surface area (Å²) in [4.78, 5) is 39.6. The van der Waals surface area contributed by atoms with Gasteiger partial charge in [-0.25, -0.2) is 0 Å². The van der Waals surface area contributed by atoms with Crippen molar-refractivity contribution in [1.82, 2.24) is 20.5 Å². The first kappa shape index (κ1) is 22.6. The van der Waals surface area contributed by atoms with Gasteiger partial charge >= 0.3 is 0 Å². The van der Waals surface area contributed by atoms with E-state index in [0.29, 0.717) is 12.8 Å². The molecule has 1 atom stereocenters. The van der Waals surface area contributed by atoms with Crippen molar-refractivity contribution in [1.29, 1.82) is 0 Å². The number of carbonyl (C=O) groups is 3. The molecule has 0 spiro atoms. The molecular weight excluding hydrogens is 346 g/mol. The number of nitrogens with zero attached hydrogens (tertiary/aromatic N) is 3. The van der Waals surface area contributed by atoms with E-state index in [-0.39, 0.29) is 12.3 Å². The molecule has 8 nitrogen and oxygen atoms in total. The Labute approximate surface area is 161 Å². The number of amides is 2. The van der Waals surface area contributed by atoms with E-state index in [1.165, 1.54) is 30.4 Å². The highest BCUT2D eigenvalue weighted by Gasteiger charge is 2.20. The standard InChI is InChI=1S/C11H17N3.C8H14N2O3/c1-2-10-9-11(3-4-13-10)14-7-5-12-6-8-14;1-9-8(13)7(4-3-5-11)10(2)6-12/h3-4,9,12H,2,5-8H2,1H3;5-7H,3-4H2,1-2H3,(H,9,13). The molecule has 2 heterocycles. The fourth-order valence-corrected chi connectivity index (χ4v) is 2.76. The third kappa shape index (κ3) is 7.74. The van der Waals surface area contributed by atoms with E-state index in [1.54, 1.807) is 0 Å². The Morgan fingerprint density at radius 2 is 2.11 bits per heavy atom. The van der Waals surface area contributed by atoms with Crippen LogP contribution in [0.2, 0.25) is 0 Å². The third-order valence-electron chi connectivity index (χ3n) is 4.41. The van der Waals surface area contributed by atoms with Crippen LogP contribution in [0.4, 0.5) is 5.69 Å². The Morgan fingerprint density at radius 3 is 2.67 bits per heavy atom. The van der Waals surface area contributed by atoms with Gasteiger partial charge in [0, 0.05) is 64.3 Å². The number of piperazine rings is 1. The molecule has 2 N–H and O–H groups in total. The maximum atomic E-state index is 11.2. The Bertz CT molecular complexity index is 590. The van der Waals surface area contributed by atoms with Gasteiger partial charge < -0.3 is 25.2 Å². The molecule has 2 amide bonds. The van der Waals surface area contributed by atoms with Gasteiger partial charge in [0.1, 0.15) is 12.3 Å². The maximum absolute atomic E-state index is 11.2. The van der Waals surface area contributed by atoms with Crippen molar-refractivity contribution in [3.63, 3.8) is 0 Å². The van der Waals surface area contributed by atoms with E-state index in [4.69, 9.17) is 0 Å². The van der Waals surface area contributed by atoms with Crippen LogP contribution < -0.4 is 15.5 Å². The van der Waals surface area contributed by atoms with Gasteiger partial charge in [-0.15, -0.1) is 0 Å². The van der Waals surface area contributed by atoms with Crippen LogP contribution in [-0.4, -0.2) is 74.8 Å². The number of hydrogen-bond donors (Lipinski definition) is 2. The first-order chi connectivity index (χ1) is 13.1. The van der Waals surface area contributed by atoms with Crippen molar-refractivity contribution in [2.24, 2.45) is 0 Å². The SMILES string of the molecule is CCc1cc(N2CCNCC2)ccn1.CNC(=O)C(CCC=O)N(C)C=O. The first-order valence-electron chi connectivity index (χ1n) is 9.30. The third-order valence-corrected chi connectivity index (χ3v) is 4.41. The minimum Gasteiger partial charge on any atom is -0.369 e. The lowest BCUT2D eigenvalue weighted by Crippen LogP contribution is -2.43. The van der Waals surface area contributed by atoms with Crippen LogP contribution in [-0.2, 0) is 20.8 Å². The molecule has 0 bridgehead atoms. The number of hydrogen-bond acceptors (Lipinski definition) is 6. The van der Waals surface area contributed by atoms with Crippen LogP contribution in [0.5, 0.6) is 0 Å². The molecule has 1 aromatic rings. The van der Waals surface area contributed by atoms with Crippen molar-refractivity contribution in [2.75, 3.05) is 45.2 Å². The lowest BCUT2D eigenvalue weighted by Gasteiger charge is -2.29. The van der Waals surface area contributed by atoms with E-state index >= 15 is 0 Å². The number of nitrogens with one attached hydrogen (secondary N) is 2. The van der Waals surface area contributed by atoms with E-state index in [1.807, 2.05) is 6.20 Å². The predicted octanol–water partition coefficient (Wildman–Crippen LogP) is 0.222. The fraction of sp³-hybridized carbons (Fsp3) is 0.579. The molecule has 8 heteroatoms. The molecule has 1 aliphatic heterocycles. The quantitative estimate of drug-likeness (QED) is 0.630. The number of pyridine rings is 1. The predicted molar refractivity (Wildman–Crippen MR) is 106 cm³/mol. The summed E-state index contributed by atoms with van der Waals surface area (Å²) >= 11 is 0. The molecule has 1 unspecified atom stereocenters. The Hall–Kier alpha value is -2.48. The van der Waals surface area contributed by atoms with Gasteiger partial charge in [0.2, 0.25) is 12.3 Å². The zero-order chi connectivity index (χ0) is 20.1. The van der Waals surface area contributed by atoms with Gasteiger partial charge in [-0.1, -0.05) is 6.92 Å². The van der Waals surface area contributed by atoms with Crippen LogP contribution in [0.3, 0.4) is 0 Å². The summed E-state index contributed by atoms with van der Waals surface area (Å²) in [5, 5.41) is 5.79. The smallest absolute Gasteiger partial charge is 0.242 e. The van der Waals surface area contributed by atoms with E-state index in [2.05, 4.69) is 39.6 Å². The van der Waals surface area contributed by atoms with Crippen LogP contribution in [0.25, 0.3) is 0 Å². The minimum absolute atomic E-state index is 0.253. The summed E-state index contributed by atoms with van der Waals surface area (Å²) in [6, 6.07) is 3.75. The number of rotatable bonds is 8. The molecule has 0 saturated carbocycles. The summed E-state index contributed by atoms with van der Waals surface area (Å²) in [6.07, 6.45) is 4.87. The van der Waals surface area contributed by atoms with Gasteiger partial charge in [-0.2, -0.15) is 0 Å². The highest BCUT2D eigenvalue weighted by Crippen LogP contribution is 2.15. The monoisotopic (exact) mass is 377 g/mol. The summed E-state index contributed by atoms with van der Waals surface area (Å²) in [7, 11) is 3.01. The number of likely N-dealkylation sites (N-methyl/N-ethyl adjacent to an activating group) is 2. The normalized spacial score (nSPS) is 14.4. The van der Waals surface area contributed by atoms with Crippen LogP contribution in [0, 0.1) is 0 Å². The Kier molecular flexibility index (Phi) is 10.7. The average molecular weight is 377 g/mol. The van der Waals surface area contributed by atoms with Gasteiger partial charge in [-0.3, -0.25) is 14.6 Å². The van der Waals surface area contributed by atoms with E-state index in [9.17, 15) is 14.4 Å². The van der Waals surface area contributed by atoms with E-state index < -0.39 is 6.04 Å². The zero-order valence-electron chi connectivity index (χ0n) is 16.5. The number of anilines is 1. The highest BCUT2D eigenvalue weighted by atomic mass is 16.2. The molecule has 1 fully saturated rings. The van der Waals surface area contributed by atoms with Crippen molar-refractivity contribution < 1.29 is 14.4 Å². The largest absolute Gasteiger partial charge is 0.369 e. The number of carbonyl (C=O) groups excluding carboxylic acids is 3. The maximum Gasteiger partial charge on any atom is 0.242 e. The summed E-state index contributed by atoms with van der Waals surface area (Å²) in [5.74, 6) is -0.253. The van der Waals surface area contributed by atoms with Crippen molar-refractivity contribution >= 4 is 24.3 Å².